The number of ether oxygens (including phenoxy) is 1. The van der Waals surface area contributed by atoms with Crippen LogP contribution >= 0.6 is 0 Å². The van der Waals surface area contributed by atoms with Gasteiger partial charge in [0.1, 0.15) is 0 Å². The maximum absolute atomic E-state index is 12.7. The van der Waals surface area contributed by atoms with Crippen molar-refractivity contribution in [3.05, 3.63) is 24.3 Å². The van der Waals surface area contributed by atoms with Gasteiger partial charge in [-0.3, -0.25) is 9.59 Å². The van der Waals surface area contributed by atoms with Crippen molar-refractivity contribution in [1.82, 2.24) is 14.1 Å². The number of methoxy groups -OCH3 is 1. The zero-order valence-electron chi connectivity index (χ0n) is 16.8. The lowest BCUT2D eigenvalue weighted by atomic mass is 10.3. The number of anilines is 1. The van der Waals surface area contributed by atoms with Gasteiger partial charge in [-0.15, -0.1) is 0 Å². The molecule has 1 N–H and O–H groups in total. The minimum absolute atomic E-state index is 0.0228. The first-order chi connectivity index (χ1) is 13.6. The van der Waals surface area contributed by atoms with E-state index < -0.39 is 16.1 Å². The molecule has 0 atom stereocenters. The van der Waals surface area contributed by atoms with Crippen molar-refractivity contribution >= 4 is 33.6 Å². The van der Waals surface area contributed by atoms with Gasteiger partial charge in [0, 0.05) is 45.8 Å². The van der Waals surface area contributed by atoms with Gasteiger partial charge in [-0.1, -0.05) is 0 Å². The predicted molar refractivity (Wildman–Crippen MR) is 106 cm³/mol. The molecule has 0 saturated carbocycles. The molecule has 29 heavy (non-hydrogen) atoms. The summed E-state index contributed by atoms with van der Waals surface area (Å²) in [5.74, 6) is -0.593. The van der Waals surface area contributed by atoms with E-state index in [9.17, 15) is 22.8 Å². The number of sulfonamides is 1. The molecule has 1 aliphatic rings. The molecule has 0 aliphatic carbocycles. The average Bonchev–Trinajstić information content (AvgIpc) is 2.93. The third-order valence-electron chi connectivity index (χ3n) is 4.52. The Hall–Kier alpha value is -2.66. The van der Waals surface area contributed by atoms with Gasteiger partial charge in [-0.25, -0.2) is 13.2 Å². The van der Waals surface area contributed by atoms with Crippen molar-refractivity contribution in [3.8, 4) is 0 Å². The van der Waals surface area contributed by atoms with Gasteiger partial charge in [0.25, 0.3) is 0 Å². The van der Waals surface area contributed by atoms with Crippen LogP contribution in [0.5, 0.6) is 0 Å². The van der Waals surface area contributed by atoms with Gasteiger partial charge in [-0.05, 0) is 30.7 Å². The quantitative estimate of drug-likeness (QED) is 0.736. The molecular weight excluding hydrogens is 400 g/mol. The van der Waals surface area contributed by atoms with Crippen LogP contribution in [-0.2, 0) is 24.3 Å². The summed E-state index contributed by atoms with van der Waals surface area (Å²) in [5.41, 5.74) is 0.481. The van der Waals surface area contributed by atoms with E-state index in [1.54, 1.807) is 4.90 Å². The fourth-order valence-electron chi connectivity index (χ4n) is 2.95. The van der Waals surface area contributed by atoms with Gasteiger partial charge < -0.3 is 19.9 Å². The lowest BCUT2D eigenvalue weighted by Gasteiger charge is -2.24. The Labute approximate surface area is 170 Å². The number of rotatable bonds is 5. The highest BCUT2D eigenvalue weighted by Gasteiger charge is 2.27. The average molecular weight is 426 g/mol. The molecule has 1 heterocycles. The van der Waals surface area contributed by atoms with E-state index in [0.717, 1.165) is 4.31 Å². The van der Waals surface area contributed by atoms with Crippen LogP contribution in [0.3, 0.4) is 0 Å². The standard InChI is InChI=1S/C18H26N4O6S/c1-14(23)19-15-5-7-16(8-6-15)29(26,27)20(2)13-17(24)21-9-4-10-22(12-11-21)18(25)28-3/h5-8H,4,9-13H2,1-3H3,(H,19,23). The van der Waals surface area contributed by atoms with E-state index in [1.807, 2.05) is 0 Å². The third kappa shape index (κ3) is 5.91. The molecule has 1 fully saturated rings. The number of likely N-dealkylation sites (N-methyl/N-ethyl adjacent to an activating group) is 1. The maximum atomic E-state index is 12.7. The molecule has 1 aromatic carbocycles. The number of benzene rings is 1. The number of nitrogens with zero attached hydrogens (tertiary/aromatic N) is 3. The van der Waals surface area contributed by atoms with Gasteiger partial charge in [0.15, 0.2) is 0 Å². The van der Waals surface area contributed by atoms with Crippen LogP contribution in [0.1, 0.15) is 13.3 Å². The van der Waals surface area contributed by atoms with E-state index in [1.165, 1.54) is 50.2 Å². The Bertz CT molecular complexity index is 856. The van der Waals surface area contributed by atoms with Crippen LogP contribution in [0, 0.1) is 0 Å². The van der Waals surface area contributed by atoms with Crippen molar-refractivity contribution in [2.45, 2.75) is 18.2 Å². The zero-order valence-corrected chi connectivity index (χ0v) is 17.6. The first-order valence-corrected chi connectivity index (χ1v) is 10.5. The Kier molecular flexibility index (Phi) is 7.57. The fourth-order valence-corrected chi connectivity index (χ4v) is 4.07. The summed E-state index contributed by atoms with van der Waals surface area (Å²) in [6, 6.07) is 5.73. The molecule has 3 amide bonds. The molecule has 0 unspecified atom stereocenters. The molecule has 0 aromatic heterocycles. The second-order valence-electron chi connectivity index (χ2n) is 6.66. The number of carbonyl (C=O) groups excluding carboxylic acids is 3. The van der Waals surface area contributed by atoms with Crippen LogP contribution in [0.15, 0.2) is 29.2 Å². The molecule has 1 aromatic rings. The summed E-state index contributed by atoms with van der Waals surface area (Å²) in [6.07, 6.45) is 0.142. The highest BCUT2D eigenvalue weighted by atomic mass is 32.2. The van der Waals surface area contributed by atoms with Crippen molar-refractivity contribution in [1.29, 1.82) is 0 Å². The SMILES string of the molecule is COC(=O)N1CCCN(C(=O)CN(C)S(=O)(=O)c2ccc(NC(C)=O)cc2)CC1. The molecule has 2 rings (SSSR count). The zero-order chi connectivity index (χ0) is 21.6. The number of hydrogen-bond donors (Lipinski definition) is 1. The normalized spacial score (nSPS) is 15.0. The molecule has 0 spiro atoms. The lowest BCUT2D eigenvalue weighted by molar-refractivity contribution is -0.131. The van der Waals surface area contributed by atoms with Crippen LogP contribution < -0.4 is 5.32 Å². The molecule has 0 bridgehead atoms. The van der Waals surface area contributed by atoms with Crippen molar-refractivity contribution in [2.75, 3.05) is 52.2 Å². The Balaban J connectivity index is 2.00. The first-order valence-electron chi connectivity index (χ1n) is 9.10. The second-order valence-corrected chi connectivity index (χ2v) is 8.70. The van der Waals surface area contributed by atoms with Crippen molar-refractivity contribution < 1.29 is 27.5 Å². The summed E-state index contributed by atoms with van der Waals surface area (Å²) in [5, 5.41) is 2.56. The molecule has 160 valence electrons. The number of amides is 3. The number of carbonyl (C=O) groups is 3. The van der Waals surface area contributed by atoms with Crippen LogP contribution in [0.4, 0.5) is 10.5 Å². The summed E-state index contributed by atoms with van der Waals surface area (Å²) >= 11 is 0. The van der Waals surface area contributed by atoms with Crippen molar-refractivity contribution in [3.63, 3.8) is 0 Å². The maximum Gasteiger partial charge on any atom is 0.409 e. The van der Waals surface area contributed by atoms with Crippen LogP contribution in [0.25, 0.3) is 0 Å². The second kappa shape index (κ2) is 9.70. The number of hydrogen-bond acceptors (Lipinski definition) is 6. The molecular formula is C18H26N4O6S. The summed E-state index contributed by atoms with van der Waals surface area (Å²) in [6.45, 7) is 2.61. The fraction of sp³-hybridized carbons (Fsp3) is 0.500. The van der Waals surface area contributed by atoms with E-state index in [4.69, 9.17) is 4.74 Å². The minimum atomic E-state index is -3.87. The molecule has 1 saturated heterocycles. The lowest BCUT2D eigenvalue weighted by Crippen LogP contribution is -2.43. The van der Waals surface area contributed by atoms with Gasteiger partial charge in [-0.2, -0.15) is 4.31 Å². The van der Waals surface area contributed by atoms with Gasteiger partial charge in [0.2, 0.25) is 21.8 Å². The minimum Gasteiger partial charge on any atom is -0.453 e. The monoisotopic (exact) mass is 426 g/mol. The molecule has 10 nitrogen and oxygen atoms in total. The first kappa shape index (κ1) is 22.6. The Morgan fingerprint density at radius 3 is 2.24 bits per heavy atom. The third-order valence-corrected chi connectivity index (χ3v) is 6.34. The predicted octanol–water partition coefficient (Wildman–Crippen LogP) is 0.566. The summed E-state index contributed by atoms with van der Waals surface area (Å²) in [4.78, 5) is 38.4. The van der Waals surface area contributed by atoms with Crippen molar-refractivity contribution in [2.24, 2.45) is 0 Å². The number of nitrogens with one attached hydrogen (secondary N) is 1. The van der Waals surface area contributed by atoms with E-state index in [0.29, 0.717) is 38.3 Å². The largest absolute Gasteiger partial charge is 0.453 e. The summed E-state index contributed by atoms with van der Waals surface area (Å²) in [7, 11) is -1.22. The van der Waals surface area contributed by atoms with Gasteiger partial charge >= 0.3 is 6.09 Å². The molecule has 1 aliphatic heterocycles. The molecule has 11 heteroatoms. The van der Waals surface area contributed by atoms with Gasteiger partial charge in [0.05, 0.1) is 18.6 Å². The van der Waals surface area contributed by atoms with E-state index >= 15 is 0 Å². The van der Waals surface area contributed by atoms with E-state index in [2.05, 4.69) is 5.32 Å². The Morgan fingerprint density at radius 2 is 1.66 bits per heavy atom. The van der Waals surface area contributed by atoms with E-state index in [-0.39, 0.29) is 23.3 Å². The highest BCUT2D eigenvalue weighted by molar-refractivity contribution is 7.89. The van der Waals surface area contributed by atoms with Crippen LogP contribution in [-0.4, -0.2) is 87.3 Å². The summed E-state index contributed by atoms with van der Waals surface area (Å²) < 4.78 is 31.2. The highest BCUT2D eigenvalue weighted by Crippen LogP contribution is 2.18. The topological polar surface area (TPSA) is 116 Å². The molecule has 0 radical (unpaired) electrons. The smallest absolute Gasteiger partial charge is 0.409 e. The Morgan fingerprint density at radius 1 is 1.07 bits per heavy atom. The van der Waals surface area contributed by atoms with Crippen LogP contribution in [0.2, 0.25) is 0 Å².